The summed E-state index contributed by atoms with van der Waals surface area (Å²) in [6.45, 7) is 3.91. The van der Waals surface area contributed by atoms with Crippen LogP contribution >= 0.6 is 0 Å². The molecule has 0 radical (unpaired) electrons. The van der Waals surface area contributed by atoms with Gasteiger partial charge in [0.05, 0.1) is 13.2 Å². The minimum Gasteiger partial charge on any atom is -0.438 e. The summed E-state index contributed by atoms with van der Waals surface area (Å²) < 4.78 is 5.14. The second-order valence-corrected chi connectivity index (χ2v) is 4.40. The Morgan fingerprint density at radius 2 is 2.31 bits per heavy atom. The van der Waals surface area contributed by atoms with Crippen molar-refractivity contribution in [3.8, 4) is 0 Å². The van der Waals surface area contributed by atoms with Gasteiger partial charge in [-0.3, -0.25) is 4.90 Å². The molecule has 1 aliphatic rings. The van der Waals surface area contributed by atoms with Gasteiger partial charge in [-0.25, -0.2) is 4.79 Å². The van der Waals surface area contributed by atoms with Crippen LogP contribution in [-0.4, -0.2) is 30.0 Å². The number of hydrogen-bond acceptors (Lipinski definition) is 3. The smallest absolute Gasteiger partial charge is 0.415 e. The van der Waals surface area contributed by atoms with Crippen molar-refractivity contribution >= 4 is 11.8 Å². The maximum atomic E-state index is 11.7. The molecule has 1 aromatic carbocycles. The number of hydrogen-bond donors (Lipinski definition) is 1. The Kier molecular flexibility index (Phi) is 2.59. The number of rotatable bonds is 2. The zero-order valence-corrected chi connectivity index (χ0v) is 9.43. The molecule has 1 aromatic rings. The van der Waals surface area contributed by atoms with E-state index in [2.05, 4.69) is 0 Å². The van der Waals surface area contributed by atoms with Crippen molar-refractivity contribution in [2.45, 2.75) is 19.4 Å². The van der Waals surface area contributed by atoms with Crippen molar-refractivity contribution in [2.75, 3.05) is 18.1 Å². The van der Waals surface area contributed by atoms with Crippen molar-refractivity contribution in [1.82, 2.24) is 0 Å². The number of aliphatic hydroxyl groups excluding tert-OH is 1. The molecule has 0 aromatic heterocycles. The van der Waals surface area contributed by atoms with E-state index >= 15 is 0 Å². The molecule has 86 valence electrons. The largest absolute Gasteiger partial charge is 0.438 e. The summed E-state index contributed by atoms with van der Waals surface area (Å²) in [5, 5.41) is 9.16. The second kappa shape index (κ2) is 3.79. The average molecular weight is 221 g/mol. The molecule has 0 spiro atoms. The summed E-state index contributed by atoms with van der Waals surface area (Å²) in [5.41, 5.74) is 1.10. The number of carbonyl (C=O) groups is 1. The highest BCUT2D eigenvalue weighted by Gasteiger charge is 2.41. The first kappa shape index (κ1) is 11.0. The van der Waals surface area contributed by atoms with Crippen LogP contribution in [0.15, 0.2) is 24.3 Å². The Balaban J connectivity index is 2.27. The number of amides is 1. The zero-order valence-electron chi connectivity index (χ0n) is 9.43. The van der Waals surface area contributed by atoms with Gasteiger partial charge in [0.25, 0.3) is 0 Å². The lowest BCUT2D eigenvalue weighted by molar-refractivity contribution is 0.0219. The van der Waals surface area contributed by atoms with E-state index in [1.165, 1.54) is 0 Å². The average Bonchev–Trinajstić information content (AvgIpc) is 2.55. The SMILES string of the molecule is Cc1cccc(N2CC(C)(CO)OC2=O)c1. The lowest BCUT2D eigenvalue weighted by Gasteiger charge is -2.18. The topological polar surface area (TPSA) is 49.8 Å². The minimum atomic E-state index is -0.791. The van der Waals surface area contributed by atoms with Gasteiger partial charge in [-0.1, -0.05) is 12.1 Å². The van der Waals surface area contributed by atoms with Crippen LogP contribution in [0.5, 0.6) is 0 Å². The Labute approximate surface area is 94.4 Å². The van der Waals surface area contributed by atoms with Gasteiger partial charge in [0.2, 0.25) is 0 Å². The Morgan fingerprint density at radius 3 is 2.88 bits per heavy atom. The van der Waals surface area contributed by atoms with Crippen LogP contribution in [0.25, 0.3) is 0 Å². The molecule has 1 atom stereocenters. The van der Waals surface area contributed by atoms with Gasteiger partial charge >= 0.3 is 6.09 Å². The zero-order chi connectivity index (χ0) is 11.8. The number of benzene rings is 1. The molecule has 4 heteroatoms. The van der Waals surface area contributed by atoms with Crippen LogP contribution in [0.1, 0.15) is 12.5 Å². The third-order valence-corrected chi connectivity index (χ3v) is 2.69. The van der Waals surface area contributed by atoms with E-state index in [0.717, 1.165) is 11.3 Å². The molecule has 1 fully saturated rings. The van der Waals surface area contributed by atoms with Crippen molar-refractivity contribution < 1.29 is 14.6 Å². The summed E-state index contributed by atoms with van der Waals surface area (Å²) in [5.74, 6) is 0. The third kappa shape index (κ3) is 1.88. The highest BCUT2D eigenvalue weighted by molar-refractivity contribution is 5.90. The first-order valence-electron chi connectivity index (χ1n) is 5.22. The van der Waals surface area contributed by atoms with Gasteiger partial charge in [-0.2, -0.15) is 0 Å². The van der Waals surface area contributed by atoms with Gasteiger partial charge in [0, 0.05) is 5.69 Å². The van der Waals surface area contributed by atoms with E-state index in [1.54, 1.807) is 11.8 Å². The number of aliphatic hydroxyl groups is 1. The van der Waals surface area contributed by atoms with Crippen molar-refractivity contribution in [1.29, 1.82) is 0 Å². The predicted molar refractivity (Wildman–Crippen MR) is 60.5 cm³/mol. The quantitative estimate of drug-likeness (QED) is 0.827. The van der Waals surface area contributed by atoms with Gasteiger partial charge in [-0.05, 0) is 31.5 Å². The van der Waals surface area contributed by atoms with E-state index in [-0.39, 0.29) is 6.61 Å². The molecule has 16 heavy (non-hydrogen) atoms. The number of aryl methyl sites for hydroxylation is 1. The molecular formula is C12H15NO3. The van der Waals surface area contributed by atoms with Gasteiger partial charge in [0.1, 0.15) is 0 Å². The summed E-state index contributed by atoms with van der Waals surface area (Å²) >= 11 is 0. The highest BCUT2D eigenvalue weighted by Crippen LogP contribution is 2.27. The number of cyclic esters (lactones) is 1. The number of carbonyl (C=O) groups excluding carboxylic acids is 1. The summed E-state index contributed by atoms with van der Waals surface area (Å²) in [4.78, 5) is 13.2. The van der Waals surface area contributed by atoms with E-state index in [1.807, 2.05) is 31.2 Å². The van der Waals surface area contributed by atoms with Crippen molar-refractivity contribution in [3.05, 3.63) is 29.8 Å². The molecule has 4 nitrogen and oxygen atoms in total. The van der Waals surface area contributed by atoms with Crippen LogP contribution in [0.4, 0.5) is 10.5 Å². The molecule has 0 saturated carbocycles. The monoisotopic (exact) mass is 221 g/mol. The lowest BCUT2D eigenvalue weighted by Crippen LogP contribution is -2.34. The number of nitrogens with zero attached hydrogens (tertiary/aromatic N) is 1. The minimum absolute atomic E-state index is 0.166. The van der Waals surface area contributed by atoms with Crippen LogP contribution in [0.3, 0.4) is 0 Å². The third-order valence-electron chi connectivity index (χ3n) is 2.69. The standard InChI is InChI=1S/C12H15NO3/c1-9-4-3-5-10(6-9)13-7-12(2,8-14)16-11(13)15/h3-6,14H,7-8H2,1-2H3. The van der Waals surface area contributed by atoms with Gasteiger partial charge in [-0.15, -0.1) is 0 Å². The molecule has 0 aliphatic carbocycles. The van der Waals surface area contributed by atoms with Crippen molar-refractivity contribution in [3.63, 3.8) is 0 Å². The second-order valence-electron chi connectivity index (χ2n) is 4.40. The first-order valence-corrected chi connectivity index (χ1v) is 5.22. The van der Waals surface area contributed by atoms with Crippen molar-refractivity contribution in [2.24, 2.45) is 0 Å². The Morgan fingerprint density at radius 1 is 1.56 bits per heavy atom. The molecule has 1 heterocycles. The highest BCUT2D eigenvalue weighted by atomic mass is 16.6. The normalized spacial score (nSPS) is 24.7. The van der Waals surface area contributed by atoms with E-state index < -0.39 is 11.7 Å². The van der Waals surface area contributed by atoms with E-state index in [0.29, 0.717) is 6.54 Å². The maximum absolute atomic E-state index is 11.7. The first-order chi connectivity index (χ1) is 7.54. The molecule has 0 bridgehead atoms. The molecule has 1 aliphatic heterocycles. The number of anilines is 1. The summed E-state index contributed by atoms with van der Waals surface area (Å²) in [7, 11) is 0. The number of ether oxygens (including phenoxy) is 1. The van der Waals surface area contributed by atoms with E-state index in [9.17, 15) is 4.79 Å². The molecular weight excluding hydrogens is 206 g/mol. The van der Waals surface area contributed by atoms with Crippen LogP contribution in [0, 0.1) is 6.92 Å². The molecule has 1 N–H and O–H groups in total. The molecule has 1 unspecified atom stereocenters. The molecule has 2 rings (SSSR count). The van der Waals surface area contributed by atoms with Crippen LogP contribution < -0.4 is 4.90 Å². The lowest BCUT2D eigenvalue weighted by atomic mass is 10.1. The van der Waals surface area contributed by atoms with E-state index in [4.69, 9.17) is 9.84 Å². The summed E-state index contributed by atoms with van der Waals surface area (Å²) in [6.07, 6.45) is -0.401. The molecule has 1 amide bonds. The predicted octanol–water partition coefficient (Wildman–Crippen LogP) is 1.70. The van der Waals surface area contributed by atoms with Gasteiger partial charge < -0.3 is 9.84 Å². The molecule has 1 saturated heterocycles. The maximum Gasteiger partial charge on any atom is 0.415 e. The van der Waals surface area contributed by atoms with Crippen LogP contribution in [-0.2, 0) is 4.74 Å². The fraction of sp³-hybridized carbons (Fsp3) is 0.417. The van der Waals surface area contributed by atoms with Crippen LogP contribution in [0.2, 0.25) is 0 Å². The Bertz CT molecular complexity index is 418. The fourth-order valence-electron chi connectivity index (χ4n) is 1.77. The van der Waals surface area contributed by atoms with Gasteiger partial charge in [0.15, 0.2) is 5.60 Å². The summed E-state index contributed by atoms with van der Waals surface area (Å²) in [6, 6.07) is 7.64. The Hall–Kier alpha value is -1.55. The fourth-order valence-corrected chi connectivity index (χ4v) is 1.77.